The summed E-state index contributed by atoms with van der Waals surface area (Å²) in [6, 6.07) is 4.46. The van der Waals surface area contributed by atoms with Crippen LogP contribution in [0.15, 0.2) is 18.2 Å². The maximum atomic E-state index is 11.5. The summed E-state index contributed by atoms with van der Waals surface area (Å²) < 4.78 is 15.2. The summed E-state index contributed by atoms with van der Waals surface area (Å²) >= 11 is 0. The maximum absolute atomic E-state index is 11.5. The highest BCUT2D eigenvalue weighted by atomic mass is 16.6. The average Bonchev–Trinajstić information content (AvgIpc) is 2.38. The van der Waals surface area contributed by atoms with E-state index >= 15 is 0 Å². The second-order valence-corrected chi connectivity index (χ2v) is 3.65. The second kappa shape index (κ2) is 6.63. The van der Waals surface area contributed by atoms with Crippen molar-refractivity contribution in [2.24, 2.45) is 0 Å². The molecule has 1 N–H and O–H groups in total. The van der Waals surface area contributed by atoms with E-state index in [0.717, 1.165) is 0 Å². The molecule has 0 aliphatic rings. The topological polar surface area (TPSA) is 82.1 Å². The first-order valence-electron chi connectivity index (χ1n) is 5.74. The van der Waals surface area contributed by atoms with E-state index in [1.807, 2.05) is 0 Å². The minimum absolute atomic E-state index is 0.0121. The summed E-state index contributed by atoms with van der Waals surface area (Å²) in [6.45, 7) is 3.39. The van der Waals surface area contributed by atoms with Gasteiger partial charge in [0.25, 0.3) is 0 Å². The zero-order chi connectivity index (χ0) is 14.4. The van der Waals surface area contributed by atoms with Crippen molar-refractivity contribution < 1.29 is 28.9 Å². The Labute approximate surface area is 110 Å². The maximum Gasteiger partial charge on any atom is 0.347 e. The number of carboxylic acid groups (broad SMARTS) is 1. The first-order chi connectivity index (χ1) is 9.01. The molecule has 0 amide bonds. The van der Waals surface area contributed by atoms with Crippen LogP contribution in [0, 0.1) is 0 Å². The summed E-state index contributed by atoms with van der Waals surface area (Å²) in [6.07, 6.45) is -0.922. The number of rotatable bonds is 6. The van der Waals surface area contributed by atoms with Gasteiger partial charge in [0.2, 0.25) is 0 Å². The van der Waals surface area contributed by atoms with Gasteiger partial charge >= 0.3 is 11.9 Å². The van der Waals surface area contributed by atoms with E-state index in [1.165, 1.54) is 26.2 Å². The lowest BCUT2D eigenvalue weighted by atomic mass is 10.2. The van der Waals surface area contributed by atoms with Crippen molar-refractivity contribution in [2.75, 3.05) is 13.7 Å². The van der Waals surface area contributed by atoms with Crippen LogP contribution in [0.2, 0.25) is 0 Å². The number of carboxylic acids is 1. The molecular weight excluding hydrogens is 252 g/mol. The molecule has 0 fully saturated rings. The van der Waals surface area contributed by atoms with Crippen molar-refractivity contribution in [1.82, 2.24) is 0 Å². The Morgan fingerprint density at radius 3 is 2.58 bits per heavy atom. The SMILES string of the molecule is CCOC(=O)C(C)Oc1c(OC)cccc1C(=O)O. The molecule has 0 bridgehead atoms. The predicted octanol–water partition coefficient (Wildman–Crippen LogP) is 1.72. The zero-order valence-corrected chi connectivity index (χ0v) is 11.0. The molecule has 6 nitrogen and oxygen atoms in total. The van der Waals surface area contributed by atoms with Crippen LogP contribution in [0.4, 0.5) is 0 Å². The van der Waals surface area contributed by atoms with Crippen molar-refractivity contribution in [3.05, 3.63) is 23.8 Å². The van der Waals surface area contributed by atoms with E-state index in [-0.39, 0.29) is 23.7 Å². The number of aromatic carboxylic acids is 1. The van der Waals surface area contributed by atoms with Crippen LogP contribution in [0.1, 0.15) is 24.2 Å². The summed E-state index contributed by atoms with van der Waals surface area (Å²) in [7, 11) is 1.39. The number of hydrogen-bond acceptors (Lipinski definition) is 5. The van der Waals surface area contributed by atoms with Gasteiger partial charge in [-0.05, 0) is 26.0 Å². The van der Waals surface area contributed by atoms with Crippen LogP contribution in [-0.4, -0.2) is 36.9 Å². The molecule has 1 aromatic carbocycles. The predicted molar refractivity (Wildman–Crippen MR) is 66.7 cm³/mol. The fourth-order valence-electron chi connectivity index (χ4n) is 1.45. The van der Waals surface area contributed by atoms with Crippen molar-refractivity contribution >= 4 is 11.9 Å². The Morgan fingerprint density at radius 1 is 1.37 bits per heavy atom. The number of hydrogen-bond donors (Lipinski definition) is 1. The zero-order valence-electron chi connectivity index (χ0n) is 11.0. The third-order valence-corrected chi connectivity index (χ3v) is 2.34. The number of esters is 1. The lowest BCUT2D eigenvalue weighted by molar-refractivity contribution is -0.150. The van der Waals surface area contributed by atoms with Gasteiger partial charge in [0.15, 0.2) is 17.6 Å². The van der Waals surface area contributed by atoms with Crippen LogP contribution in [-0.2, 0) is 9.53 Å². The average molecular weight is 268 g/mol. The molecule has 0 spiro atoms. The van der Waals surface area contributed by atoms with Gasteiger partial charge in [-0.2, -0.15) is 0 Å². The third-order valence-electron chi connectivity index (χ3n) is 2.34. The standard InChI is InChI=1S/C13H16O6/c1-4-18-13(16)8(2)19-11-9(12(14)15)6-5-7-10(11)17-3/h5-8H,4H2,1-3H3,(H,14,15). The van der Waals surface area contributed by atoms with E-state index in [2.05, 4.69) is 0 Å². The van der Waals surface area contributed by atoms with Crippen LogP contribution in [0.25, 0.3) is 0 Å². The Hall–Kier alpha value is -2.24. The van der Waals surface area contributed by atoms with E-state index in [1.54, 1.807) is 13.0 Å². The highest BCUT2D eigenvalue weighted by molar-refractivity contribution is 5.92. The monoisotopic (exact) mass is 268 g/mol. The van der Waals surface area contributed by atoms with Gasteiger partial charge in [-0.1, -0.05) is 6.07 Å². The Kier molecular flexibility index (Phi) is 5.17. The number of carbonyl (C=O) groups is 2. The Balaban J connectivity index is 3.04. The fraction of sp³-hybridized carbons (Fsp3) is 0.385. The quantitative estimate of drug-likeness (QED) is 0.791. The summed E-state index contributed by atoms with van der Waals surface area (Å²) in [5.74, 6) is -1.47. The molecule has 0 saturated carbocycles. The van der Waals surface area contributed by atoms with E-state index < -0.39 is 18.0 Å². The molecule has 0 aliphatic carbocycles. The van der Waals surface area contributed by atoms with Crippen LogP contribution >= 0.6 is 0 Å². The molecule has 1 rings (SSSR count). The minimum atomic E-state index is -1.16. The largest absolute Gasteiger partial charge is 0.493 e. The van der Waals surface area contributed by atoms with Gasteiger partial charge < -0.3 is 19.3 Å². The molecule has 0 saturated heterocycles. The van der Waals surface area contributed by atoms with Crippen molar-refractivity contribution in [3.63, 3.8) is 0 Å². The Morgan fingerprint density at radius 2 is 2.05 bits per heavy atom. The lowest BCUT2D eigenvalue weighted by Crippen LogP contribution is -2.27. The molecule has 6 heteroatoms. The molecule has 0 radical (unpaired) electrons. The van der Waals surface area contributed by atoms with Gasteiger partial charge in [-0.15, -0.1) is 0 Å². The highest BCUT2D eigenvalue weighted by Gasteiger charge is 2.22. The van der Waals surface area contributed by atoms with E-state index in [9.17, 15) is 9.59 Å². The normalized spacial score (nSPS) is 11.5. The van der Waals surface area contributed by atoms with Gasteiger partial charge in [0, 0.05) is 0 Å². The molecule has 0 aliphatic heterocycles. The second-order valence-electron chi connectivity index (χ2n) is 3.65. The van der Waals surface area contributed by atoms with Gasteiger partial charge in [0.05, 0.1) is 13.7 Å². The molecule has 1 aromatic rings. The summed E-state index contributed by atoms with van der Waals surface area (Å²) in [4.78, 5) is 22.6. The molecule has 19 heavy (non-hydrogen) atoms. The minimum Gasteiger partial charge on any atom is -0.493 e. The smallest absolute Gasteiger partial charge is 0.347 e. The van der Waals surface area contributed by atoms with Crippen LogP contribution in [0.3, 0.4) is 0 Å². The molecule has 104 valence electrons. The first-order valence-corrected chi connectivity index (χ1v) is 5.74. The van der Waals surface area contributed by atoms with Crippen molar-refractivity contribution in [2.45, 2.75) is 20.0 Å². The number of ether oxygens (including phenoxy) is 3. The van der Waals surface area contributed by atoms with Gasteiger partial charge in [-0.25, -0.2) is 9.59 Å². The van der Waals surface area contributed by atoms with Gasteiger partial charge in [-0.3, -0.25) is 0 Å². The molecule has 0 heterocycles. The molecule has 1 unspecified atom stereocenters. The molecular formula is C13H16O6. The van der Waals surface area contributed by atoms with Gasteiger partial charge in [0.1, 0.15) is 5.56 Å². The molecule has 0 aromatic heterocycles. The number of para-hydroxylation sites is 1. The van der Waals surface area contributed by atoms with Crippen molar-refractivity contribution in [3.8, 4) is 11.5 Å². The number of carbonyl (C=O) groups excluding carboxylic acids is 1. The fourth-order valence-corrected chi connectivity index (χ4v) is 1.45. The number of methoxy groups -OCH3 is 1. The van der Waals surface area contributed by atoms with E-state index in [0.29, 0.717) is 0 Å². The highest BCUT2D eigenvalue weighted by Crippen LogP contribution is 2.32. The lowest BCUT2D eigenvalue weighted by Gasteiger charge is -2.17. The summed E-state index contributed by atoms with van der Waals surface area (Å²) in [5, 5.41) is 9.09. The van der Waals surface area contributed by atoms with Crippen LogP contribution in [0.5, 0.6) is 11.5 Å². The molecule has 1 atom stereocenters. The first kappa shape index (κ1) is 14.8. The van der Waals surface area contributed by atoms with Crippen molar-refractivity contribution in [1.29, 1.82) is 0 Å². The Bertz CT molecular complexity index is 468. The summed E-state index contributed by atoms with van der Waals surface area (Å²) in [5.41, 5.74) is -0.0736. The number of benzene rings is 1. The van der Waals surface area contributed by atoms with Crippen LogP contribution < -0.4 is 9.47 Å². The third kappa shape index (κ3) is 3.61. The van der Waals surface area contributed by atoms with E-state index in [4.69, 9.17) is 19.3 Å².